The second-order valence-corrected chi connectivity index (χ2v) is 9.42. The number of aliphatic carboxylic acids is 1. The summed E-state index contributed by atoms with van der Waals surface area (Å²) in [6.45, 7) is 10.0. The van der Waals surface area contributed by atoms with Gasteiger partial charge in [0.15, 0.2) is 5.78 Å². The lowest BCUT2D eigenvalue weighted by atomic mass is 10.0. The van der Waals surface area contributed by atoms with Crippen LogP contribution < -0.4 is 14.8 Å². The van der Waals surface area contributed by atoms with Crippen molar-refractivity contribution in [2.45, 2.75) is 65.1 Å². The first-order chi connectivity index (χ1) is 18.1. The van der Waals surface area contributed by atoms with E-state index < -0.39 is 23.6 Å². The number of hydrogen-bond acceptors (Lipinski definition) is 6. The van der Waals surface area contributed by atoms with E-state index in [1.165, 1.54) is 6.92 Å². The Labute approximate surface area is 224 Å². The maximum Gasteiger partial charge on any atom is 0.329 e. The molecule has 1 aliphatic carbocycles. The van der Waals surface area contributed by atoms with Gasteiger partial charge < -0.3 is 29.5 Å². The van der Waals surface area contributed by atoms with Gasteiger partial charge >= 0.3 is 12.0 Å². The van der Waals surface area contributed by atoms with Crippen molar-refractivity contribution in [2.75, 3.05) is 26.4 Å². The van der Waals surface area contributed by atoms with Gasteiger partial charge in [-0.15, -0.1) is 0 Å². The fourth-order valence-corrected chi connectivity index (χ4v) is 4.33. The van der Waals surface area contributed by atoms with E-state index in [1.54, 1.807) is 17.0 Å². The molecule has 0 unspecified atom stereocenters. The van der Waals surface area contributed by atoms with Gasteiger partial charge in [-0.3, -0.25) is 4.79 Å². The Morgan fingerprint density at radius 3 is 2.05 bits per heavy atom. The molecule has 0 aromatic heterocycles. The second-order valence-electron chi connectivity index (χ2n) is 9.42. The number of hydrogen-bond donors (Lipinski definition) is 2. The summed E-state index contributed by atoms with van der Waals surface area (Å²) in [5.74, 6) is -0.473. The van der Waals surface area contributed by atoms with Crippen LogP contribution in [-0.4, -0.2) is 59.7 Å². The van der Waals surface area contributed by atoms with Gasteiger partial charge in [-0.05, 0) is 70.7 Å². The van der Waals surface area contributed by atoms with Gasteiger partial charge in [0, 0.05) is 6.54 Å². The van der Waals surface area contributed by atoms with E-state index in [-0.39, 0.29) is 25.0 Å². The summed E-state index contributed by atoms with van der Waals surface area (Å²) in [5.41, 5.74) is 0.817. The summed E-state index contributed by atoms with van der Waals surface area (Å²) < 4.78 is 17.6. The number of nitrogens with one attached hydrogen (secondary N) is 1. The van der Waals surface area contributed by atoms with Gasteiger partial charge in [-0.1, -0.05) is 30.3 Å². The molecule has 2 amide bonds. The molecule has 38 heavy (non-hydrogen) atoms. The number of carbonyl (C=O) groups excluding carboxylic acids is 2. The second kappa shape index (κ2) is 12.8. The first-order valence-electron chi connectivity index (χ1n) is 13.1. The van der Waals surface area contributed by atoms with E-state index in [9.17, 15) is 19.5 Å². The van der Waals surface area contributed by atoms with Crippen LogP contribution in [0.25, 0.3) is 0 Å². The molecule has 2 atom stereocenters. The first kappa shape index (κ1) is 29.0. The average Bonchev–Trinajstić information content (AvgIpc) is 3.67. The largest absolute Gasteiger partial charge is 0.493 e. The fraction of sp³-hybridized carbons (Fsp3) is 0.483. The molecular weight excluding hydrogens is 488 g/mol. The molecule has 3 rings (SSSR count). The van der Waals surface area contributed by atoms with Crippen molar-refractivity contribution in [3.8, 4) is 11.5 Å². The zero-order chi connectivity index (χ0) is 27.9. The molecule has 9 heteroatoms. The van der Waals surface area contributed by atoms with Crippen molar-refractivity contribution in [3.05, 3.63) is 59.2 Å². The predicted octanol–water partition coefficient (Wildman–Crippen LogP) is 5.15. The number of amides is 2. The maximum atomic E-state index is 13.4. The van der Waals surface area contributed by atoms with Crippen molar-refractivity contribution in [3.63, 3.8) is 0 Å². The number of benzene rings is 2. The van der Waals surface area contributed by atoms with Crippen molar-refractivity contribution in [1.82, 2.24) is 10.2 Å². The van der Waals surface area contributed by atoms with E-state index in [1.807, 2.05) is 58.0 Å². The summed E-state index contributed by atoms with van der Waals surface area (Å²) in [6.07, 6.45) is 0.580. The molecule has 0 heterocycles. The Morgan fingerprint density at radius 1 is 1.00 bits per heavy atom. The third-order valence-electron chi connectivity index (χ3n) is 6.73. The van der Waals surface area contributed by atoms with Crippen molar-refractivity contribution in [2.24, 2.45) is 0 Å². The number of urea groups is 1. The standard InChI is InChI=1S/C29H38N2O7/c1-6-36-24-17-23(18-25(37-7-2)26(24)20(4)32)19(3)31(28(35)30-29(13-14-29)27(33)34)15-16-38-21(5)22-11-9-8-10-12-22/h8-12,17-19,21H,6-7,13-16H2,1-5H3,(H,30,35)(H,33,34)/t19-,21+/m1/s1. The third-order valence-corrected chi connectivity index (χ3v) is 6.73. The number of carboxylic acid groups (broad SMARTS) is 1. The number of nitrogens with zero attached hydrogens (tertiary/aromatic N) is 1. The third kappa shape index (κ3) is 6.83. The highest BCUT2D eigenvalue weighted by atomic mass is 16.5. The fourth-order valence-electron chi connectivity index (χ4n) is 4.33. The first-order valence-corrected chi connectivity index (χ1v) is 13.1. The average molecular weight is 527 g/mol. The number of ketones is 1. The molecule has 1 fully saturated rings. The van der Waals surface area contributed by atoms with Crippen LogP contribution in [0.5, 0.6) is 11.5 Å². The zero-order valence-corrected chi connectivity index (χ0v) is 22.8. The molecule has 0 spiro atoms. The van der Waals surface area contributed by atoms with Crippen LogP contribution in [0.2, 0.25) is 0 Å². The monoisotopic (exact) mass is 526 g/mol. The number of Topliss-reactive ketones (excluding diaryl/α,β-unsaturated/α-hetero) is 1. The van der Waals surface area contributed by atoms with E-state index >= 15 is 0 Å². The SMILES string of the molecule is CCOc1cc([C@@H](C)N(CCO[C@@H](C)c2ccccc2)C(=O)NC2(C(=O)O)CC2)cc(OCC)c1C(C)=O. The Bertz CT molecular complexity index is 1100. The zero-order valence-electron chi connectivity index (χ0n) is 22.8. The molecule has 1 saturated carbocycles. The lowest BCUT2D eigenvalue weighted by Gasteiger charge is -2.32. The molecule has 2 N–H and O–H groups in total. The Kier molecular flexibility index (Phi) is 9.74. The minimum absolute atomic E-state index is 0.186. The van der Waals surface area contributed by atoms with Crippen LogP contribution in [-0.2, 0) is 9.53 Å². The highest BCUT2D eigenvalue weighted by molar-refractivity contribution is 6.00. The summed E-state index contributed by atoms with van der Waals surface area (Å²) in [4.78, 5) is 39.1. The summed E-state index contributed by atoms with van der Waals surface area (Å²) in [5, 5.41) is 12.3. The van der Waals surface area contributed by atoms with E-state index in [0.29, 0.717) is 48.7 Å². The van der Waals surface area contributed by atoms with Crippen molar-refractivity contribution >= 4 is 17.8 Å². The summed E-state index contributed by atoms with van der Waals surface area (Å²) in [7, 11) is 0. The highest BCUT2D eigenvalue weighted by Gasteiger charge is 2.52. The van der Waals surface area contributed by atoms with Crippen LogP contribution in [0, 0.1) is 0 Å². The van der Waals surface area contributed by atoms with Crippen LogP contribution in [0.15, 0.2) is 42.5 Å². The number of ether oxygens (including phenoxy) is 3. The van der Waals surface area contributed by atoms with Gasteiger partial charge in [0.1, 0.15) is 22.6 Å². The molecule has 9 nitrogen and oxygen atoms in total. The predicted molar refractivity (Wildman–Crippen MR) is 143 cm³/mol. The molecule has 2 aromatic rings. The van der Waals surface area contributed by atoms with Gasteiger partial charge in [0.25, 0.3) is 0 Å². The number of rotatable bonds is 14. The molecule has 206 valence electrons. The lowest BCUT2D eigenvalue weighted by Crippen LogP contribution is -2.51. The Balaban J connectivity index is 1.89. The molecule has 0 bridgehead atoms. The van der Waals surface area contributed by atoms with Crippen molar-refractivity contribution in [1.29, 1.82) is 0 Å². The van der Waals surface area contributed by atoms with Crippen LogP contribution >= 0.6 is 0 Å². The smallest absolute Gasteiger partial charge is 0.329 e. The topological polar surface area (TPSA) is 114 Å². The maximum absolute atomic E-state index is 13.4. The van der Waals surface area contributed by atoms with E-state index in [2.05, 4.69) is 5.32 Å². The van der Waals surface area contributed by atoms with Gasteiger partial charge in [-0.25, -0.2) is 9.59 Å². The lowest BCUT2D eigenvalue weighted by molar-refractivity contribution is -0.140. The van der Waals surface area contributed by atoms with Crippen LogP contribution in [0.4, 0.5) is 4.79 Å². The molecule has 2 aromatic carbocycles. The molecule has 0 saturated heterocycles. The van der Waals surface area contributed by atoms with Crippen LogP contribution in [0.3, 0.4) is 0 Å². The number of carbonyl (C=O) groups is 3. The summed E-state index contributed by atoms with van der Waals surface area (Å²) >= 11 is 0. The Morgan fingerprint density at radius 2 is 1.58 bits per heavy atom. The molecule has 0 radical (unpaired) electrons. The van der Waals surface area contributed by atoms with Crippen LogP contribution in [0.1, 0.15) is 81.1 Å². The highest BCUT2D eigenvalue weighted by Crippen LogP contribution is 2.38. The van der Waals surface area contributed by atoms with E-state index in [4.69, 9.17) is 14.2 Å². The van der Waals surface area contributed by atoms with Gasteiger partial charge in [-0.2, -0.15) is 0 Å². The minimum atomic E-state index is -1.24. The molecular formula is C29H38N2O7. The van der Waals surface area contributed by atoms with Gasteiger partial charge in [0.2, 0.25) is 0 Å². The summed E-state index contributed by atoms with van der Waals surface area (Å²) in [6, 6.07) is 12.2. The quantitative estimate of drug-likeness (QED) is 0.327. The van der Waals surface area contributed by atoms with Crippen molar-refractivity contribution < 1.29 is 33.7 Å². The van der Waals surface area contributed by atoms with Gasteiger partial charge in [0.05, 0.1) is 32.0 Å². The molecule has 0 aliphatic heterocycles. The normalized spacial score (nSPS) is 15.2. The van der Waals surface area contributed by atoms with E-state index in [0.717, 1.165) is 5.56 Å². The minimum Gasteiger partial charge on any atom is -0.493 e. The number of carboxylic acids is 1. The Hall–Kier alpha value is -3.59. The molecule has 1 aliphatic rings.